The lowest BCUT2D eigenvalue weighted by molar-refractivity contribution is -0.899. The van der Waals surface area contributed by atoms with Crippen molar-refractivity contribution in [2.24, 2.45) is 0 Å². The number of hydrogen-bond donors (Lipinski definition) is 2. The van der Waals surface area contributed by atoms with E-state index in [9.17, 15) is 4.79 Å². The monoisotopic (exact) mass is 290 g/mol. The fourth-order valence-corrected chi connectivity index (χ4v) is 3.00. The van der Waals surface area contributed by atoms with Crippen LogP contribution in [0.1, 0.15) is 12.8 Å². The molecule has 2 heterocycles. The molecule has 2 saturated heterocycles. The molecule has 1 amide bonds. The molecule has 0 radical (unpaired) electrons. The molecule has 0 atom stereocenters. The lowest BCUT2D eigenvalue weighted by Gasteiger charge is -2.23. The minimum absolute atomic E-state index is 0.0841. The smallest absolute Gasteiger partial charge is 0.279 e. The van der Waals surface area contributed by atoms with E-state index >= 15 is 0 Å². The Morgan fingerprint density at radius 1 is 1.14 bits per heavy atom. The Balaban J connectivity index is 1.50. The molecule has 1 aromatic rings. The molecule has 1 aromatic carbocycles. The molecule has 2 N–H and O–H groups in total. The summed E-state index contributed by atoms with van der Waals surface area (Å²) in [5.41, 5.74) is 2.14. The van der Waals surface area contributed by atoms with Gasteiger partial charge >= 0.3 is 0 Å². The first-order valence-electron chi connectivity index (χ1n) is 7.87. The normalized spacial score (nSPS) is 19.7. The van der Waals surface area contributed by atoms with E-state index in [-0.39, 0.29) is 5.91 Å². The van der Waals surface area contributed by atoms with Crippen molar-refractivity contribution in [3.8, 4) is 0 Å². The van der Waals surface area contributed by atoms with Crippen LogP contribution in [0.5, 0.6) is 0 Å². The Hall–Kier alpha value is -1.59. The lowest BCUT2D eigenvalue weighted by Crippen LogP contribution is -3.15. The molecular formula is C16H24N3O2+. The van der Waals surface area contributed by atoms with E-state index in [1.807, 2.05) is 12.1 Å². The maximum atomic E-state index is 12.0. The molecule has 2 aliphatic heterocycles. The minimum Gasteiger partial charge on any atom is -0.372 e. The summed E-state index contributed by atoms with van der Waals surface area (Å²) >= 11 is 0. The Bertz CT molecular complexity index is 463. The van der Waals surface area contributed by atoms with Crippen LogP contribution in [0.15, 0.2) is 24.3 Å². The second-order valence-corrected chi connectivity index (χ2v) is 5.83. The third-order valence-corrected chi connectivity index (χ3v) is 4.23. The third-order valence-electron chi connectivity index (χ3n) is 4.23. The molecule has 0 aliphatic carbocycles. The number of carbonyl (C=O) groups is 1. The van der Waals surface area contributed by atoms with Crippen molar-refractivity contribution < 1.29 is 14.4 Å². The number of nitrogens with zero attached hydrogens (tertiary/aromatic N) is 1. The molecule has 114 valence electrons. The van der Waals surface area contributed by atoms with Crippen LogP contribution in [0.25, 0.3) is 0 Å². The first-order chi connectivity index (χ1) is 10.3. The number of quaternary nitrogens is 1. The van der Waals surface area contributed by atoms with Crippen LogP contribution in [0, 0.1) is 0 Å². The molecule has 5 heteroatoms. The maximum absolute atomic E-state index is 12.0. The number of anilines is 2. The Morgan fingerprint density at radius 3 is 2.48 bits per heavy atom. The summed E-state index contributed by atoms with van der Waals surface area (Å²) < 4.78 is 5.30. The molecule has 0 saturated carbocycles. The van der Waals surface area contributed by atoms with E-state index in [1.54, 1.807) is 0 Å². The zero-order chi connectivity index (χ0) is 14.5. The predicted molar refractivity (Wildman–Crippen MR) is 82.9 cm³/mol. The molecule has 0 unspecified atom stereocenters. The number of nitrogens with one attached hydrogen (secondary N) is 2. The van der Waals surface area contributed by atoms with Crippen molar-refractivity contribution in [2.45, 2.75) is 12.8 Å². The van der Waals surface area contributed by atoms with E-state index in [1.165, 1.54) is 23.4 Å². The van der Waals surface area contributed by atoms with Crippen LogP contribution in [-0.2, 0) is 9.53 Å². The van der Waals surface area contributed by atoms with E-state index < -0.39 is 0 Å². The second-order valence-electron chi connectivity index (χ2n) is 5.83. The van der Waals surface area contributed by atoms with Crippen LogP contribution >= 0.6 is 0 Å². The van der Waals surface area contributed by atoms with Crippen LogP contribution in [0.3, 0.4) is 0 Å². The fourth-order valence-electron chi connectivity index (χ4n) is 3.00. The number of ether oxygens (including phenoxy) is 1. The Labute approximate surface area is 125 Å². The van der Waals surface area contributed by atoms with Crippen LogP contribution in [-0.4, -0.2) is 51.8 Å². The average molecular weight is 290 g/mol. The van der Waals surface area contributed by atoms with Gasteiger partial charge in [-0.05, 0) is 37.1 Å². The zero-order valence-electron chi connectivity index (χ0n) is 12.4. The van der Waals surface area contributed by atoms with Gasteiger partial charge in [0.25, 0.3) is 5.91 Å². The summed E-state index contributed by atoms with van der Waals surface area (Å²) in [6.45, 7) is 6.17. The Morgan fingerprint density at radius 2 is 1.81 bits per heavy atom. The topological polar surface area (TPSA) is 46.0 Å². The molecule has 2 fully saturated rings. The average Bonchev–Trinajstić information content (AvgIpc) is 3.03. The van der Waals surface area contributed by atoms with Crippen molar-refractivity contribution in [1.82, 2.24) is 0 Å². The van der Waals surface area contributed by atoms with Gasteiger partial charge in [0, 0.05) is 24.5 Å². The van der Waals surface area contributed by atoms with E-state index in [0.29, 0.717) is 6.54 Å². The predicted octanol–water partition coefficient (Wildman–Crippen LogP) is 0.140. The highest BCUT2D eigenvalue weighted by atomic mass is 16.5. The molecule has 5 nitrogen and oxygen atoms in total. The molecule has 21 heavy (non-hydrogen) atoms. The zero-order valence-corrected chi connectivity index (χ0v) is 12.4. The lowest BCUT2D eigenvalue weighted by atomic mass is 10.2. The van der Waals surface area contributed by atoms with E-state index in [4.69, 9.17) is 4.74 Å². The van der Waals surface area contributed by atoms with Crippen molar-refractivity contribution in [1.29, 1.82) is 0 Å². The standard InChI is InChI=1S/C16H23N3O2/c20-16(13-18-9-11-21-12-10-18)17-14-3-5-15(6-4-14)19-7-1-2-8-19/h3-6H,1-2,7-13H2,(H,17,20)/p+1. The number of rotatable bonds is 4. The van der Waals surface area contributed by atoms with Gasteiger partial charge in [-0.25, -0.2) is 0 Å². The largest absolute Gasteiger partial charge is 0.372 e. The van der Waals surface area contributed by atoms with Gasteiger partial charge in [0.05, 0.1) is 13.2 Å². The molecule has 3 rings (SSSR count). The SMILES string of the molecule is O=C(C[NH+]1CCOCC1)Nc1ccc(N2CCCC2)cc1. The number of morpholine rings is 1. The number of hydrogen-bond acceptors (Lipinski definition) is 3. The van der Waals surface area contributed by atoms with Gasteiger partial charge in [-0.15, -0.1) is 0 Å². The summed E-state index contributed by atoms with van der Waals surface area (Å²) in [5.74, 6) is 0.0841. The highest BCUT2D eigenvalue weighted by molar-refractivity contribution is 5.91. The molecular weight excluding hydrogens is 266 g/mol. The van der Waals surface area contributed by atoms with Crippen LogP contribution in [0.4, 0.5) is 11.4 Å². The number of benzene rings is 1. The summed E-state index contributed by atoms with van der Waals surface area (Å²) in [6, 6.07) is 8.20. The van der Waals surface area contributed by atoms with Gasteiger partial charge in [-0.1, -0.05) is 0 Å². The molecule has 2 aliphatic rings. The maximum Gasteiger partial charge on any atom is 0.279 e. The van der Waals surface area contributed by atoms with Crippen LogP contribution in [0.2, 0.25) is 0 Å². The van der Waals surface area contributed by atoms with Crippen LogP contribution < -0.4 is 15.1 Å². The number of amides is 1. The van der Waals surface area contributed by atoms with Crippen molar-refractivity contribution in [2.75, 3.05) is 56.2 Å². The minimum atomic E-state index is 0.0841. The van der Waals surface area contributed by atoms with Crippen molar-refractivity contribution in [3.63, 3.8) is 0 Å². The van der Waals surface area contributed by atoms with Gasteiger partial charge in [-0.2, -0.15) is 0 Å². The first-order valence-corrected chi connectivity index (χ1v) is 7.87. The van der Waals surface area contributed by atoms with E-state index in [0.717, 1.165) is 45.1 Å². The van der Waals surface area contributed by atoms with Gasteiger partial charge in [0.1, 0.15) is 13.1 Å². The highest BCUT2D eigenvalue weighted by Gasteiger charge is 2.18. The summed E-state index contributed by atoms with van der Waals surface area (Å²) in [7, 11) is 0. The third kappa shape index (κ3) is 3.95. The fraction of sp³-hybridized carbons (Fsp3) is 0.562. The summed E-state index contributed by atoms with van der Waals surface area (Å²) in [4.78, 5) is 15.7. The first kappa shape index (κ1) is 14.4. The van der Waals surface area contributed by atoms with Gasteiger partial charge in [0.2, 0.25) is 0 Å². The molecule has 0 bridgehead atoms. The Kier molecular flexibility index (Phi) is 4.72. The van der Waals surface area contributed by atoms with Crippen molar-refractivity contribution in [3.05, 3.63) is 24.3 Å². The molecule has 0 spiro atoms. The molecule has 0 aromatic heterocycles. The highest BCUT2D eigenvalue weighted by Crippen LogP contribution is 2.21. The second kappa shape index (κ2) is 6.91. The quantitative estimate of drug-likeness (QED) is 0.829. The summed E-state index contributed by atoms with van der Waals surface area (Å²) in [5, 5.41) is 2.99. The van der Waals surface area contributed by atoms with Gasteiger partial charge in [0.15, 0.2) is 6.54 Å². The van der Waals surface area contributed by atoms with E-state index in [2.05, 4.69) is 22.3 Å². The number of carbonyl (C=O) groups excluding carboxylic acids is 1. The van der Waals surface area contributed by atoms with Gasteiger partial charge in [-0.3, -0.25) is 4.79 Å². The van der Waals surface area contributed by atoms with Gasteiger partial charge < -0.3 is 19.9 Å². The summed E-state index contributed by atoms with van der Waals surface area (Å²) in [6.07, 6.45) is 2.56. The van der Waals surface area contributed by atoms with Crippen molar-refractivity contribution >= 4 is 17.3 Å².